The average molecular weight is 432 g/mol. The Labute approximate surface area is 174 Å². The van der Waals surface area contributed by atoms with Gasteiger partial charge in [0.1, 0.15) is 19.1 Å². The third kappa shape index (κ3) is 4.85. The van der Waals surface area contributed by atoms with Crippen LogP contribution in [-0.2, 0) is 19.0 Å². The molecular formula is C20H16O11. The molecule has 0 saturated heterocycles. The van der Waals surface area contributed by atoms with Crippen molar-refractivity contribution in [2.45, 2.75) is 12.5 Å². The van der Waals surface area contributed by atoms with Crippen molar-refractivity contribution in [2.24, 2.45) is 0 Å². The second-order valence-corrected chi connectivity index (χ2v) is 6.33. The average Bonchev–Trinajstić information content (AvgIpc) is 3.22. The number of esters is 1. The molecule has 162 valence electrons. The number of ether oxygens (including phenoxy) is 3. The summed E-state index contributed by atoms with van der Waals surface area (Å²) in [6.45, 7) is -2.00. The minimum atomic E-state index is -1.28. The highest BCUT2D eigenvalue weighted by atomic mass is 16.8. The maximum absolute atomic E-state index is 12.5. The fourth-order valence-electron chi connectivity index (χ4n) is 2.68. The second kappa shape index (κ2) is 9.32. The topological polar surface area (TPSA) is 167 Å². The fourth-order valence-corrected chi connectivity index (χ4v) is 2.68. The van der Waals surface area contributed by atoms with Gasteiger partial charge in [-0.25, -0.2) is 4.79 Å². The van der Waals surface area contributed by atoms with Crippen molar-refractivity contribution in [1.82, 2.24) is 0 Å². The minimum absolute atomic E-state index is 0.0726. The predicted molar refractivity (Wildman–Crippen MR) is 97.4 cm³/mol. The number of carbonyl (C=O) groups excluding carboxylic acids is 5. The Morgan fingerprint density at radius 2 is 1.65 bits per heavy atom. The van der Waals surface area contributed by atoms with Gasteiger partial charge < -0.3 is 28.8 Å². The van der Waals surface area contributed by atoms with E-state index < -0.39 is 62.0 Å². The molecule has 1 aliphatic rings. The third-order valence-corrected chi connectivity index (χ3v) is 4.18. The number of aliphatic hydroxyl groups is 2. The first-order chi connectivity index (χ1) is 14.8. The molecule has 1 atom stereocenters. The zero-order valence-corrected chi connectivity index (χ0v) is 15.9. The number of rotatable bonds is 8. The molecule has 0 bridgehead atoms. The summed E-state index contributed by atoms with van der Waals surface area (Å²) in [6, 6.07) is 7.24. The summed E-state index contributed by atoms with van der Waals surface area (Å²) in [4.78, 5) is 60.2. The Morgan fingerprint density at radius 3 is 2.32 bits per heavy atom. The Morgan fingerprint density at radius 1 is 0.968 bits per heavy atom. The van der Waals surface area contributed by atoms with E-state index in [0.29, 0.717) is 0 Å². The number of Topliss-reactive ketones (excluding diaryl/α,β-unsaturated/α-hetero) is 1. The Balaban J connectivity index is 1.55. The smallest absolute Gasteiger partial charge is 0.449 e. The van der Waals surface area contributed by atoms with Crippen LogP contribution in [-0.4, -0.2) is 65.8 Å². The lowest BCUT2D eigenvalue weighted by molar-refractivity contribution is -0.152. The number of aliphatic hydroxyl groups excluding tert-OH is 2. The SMILES string of the molecule is O=C(CC(=O)c1cc2c(o1)C(=O)c1ccccc1C2=O)OCOC(=O)OCC(O)CO. The molecule has 3 rings (SSSR count). The van der Waals surface area contributed by atoms with E-state index in [1.54, 1.807) is 12.1 Å². The highest BCUT2D eigenvalue weighted by molar-refractivity contribution is 6.28. The van der Waals surface area contributed by atoms with E-state index >= 15 is 0 Å². The van der Waals surface area contributed by atoms with Crippen molar-refractivity contribution in [3.63, 3.8) is 0 Å². The van der Waals surface area contributed by atoms with Crippen LogP contribution >= 0.6 is 0 Å². The summed E-state index contributed by atoms with van der Waals surface area (Å²) in [6.07, 6.45) is -3.34. The maximum Gasteiger partial charge on any atom is 0.511 e. The van der Waals surface area contributed by atoms with Crippen molar-refractivity contribution < 1.29 is 52.8 Å². The van der Waals surface area contributed by atoms with Gasteiger partial charge in [-0.15, -0.1) is 0 Å². The van der Waals surface area contributed by atoms with E-state index in [4.69, 9.17) is 14.6 Å². The lowest BCUT2D eigenvalue weighted by Gasteiger charge is -2.11. The molecule has 2 aromatic rings. The Bertz CT molecular complexity index is 997. The molecule has 0 radical (unpaired) electrons. The molecule has 0 aliphatic heterocycles. The van der Waals surface area contributed by atoms with Gasteiger partial charge in [0.2, 0.25) is 18.4 Å². The van der Waals surface area contributed by atoms with Gasteiger partial charge in [-0.05, 0) is 6.07 Å². The summed E-state index contributed by atoms with van der Waals surface area (Å²) in [5.41, 5.74) is 0.273. The van der Waals surface area contributed by atoms with Gasteiger partial charge in [-0.3, -0.25) is 19.2 Å². The number of ketones is 3. The molecule has 0 spiro atoms. The van der Waals surface area contributed by atoms with Gasteiger partial charge in [0.15, 0.2) is 17.3 Å². The Kier molecular flexibility index (Phi) is 6.58. The highest BCUT2D eigenvalue weighted by Crippen LogP contribution is 2.30. The van der Waals surface area contributed by atoms with E-state index in [2.05, 4.69) is 14.2 Å². The summed E-state index contributed by atoms with van der Waals surface area (Å²) >= 11 is 0. The van der Waals surface area contributed by atoms with E-state index in [9.17, 15) is 24.0 Å². The number of furan rings is 1. The maximum atomic E-state index is 12.5. The van der Waals surface area contributed by atoms with Gasteiger partial charge in [-0.1, -0.05) is 24.3 Å². The van der Waals surface area contributed by atoms with Crippen LogP contribution in [0.3, 0.4) is 0 Å². The van der Waals surface area contributed by atoms with Crippen molar-refractivity contribution >= 4 is 29.5 Å². The normalized spacial score (nSPS) is 13.1. The van der Waals surface area contributed by atoms with Gasteiger partial charge in [0.05, 0.1) is 12.2 Å². The fraction of sp³-hybridized carbons (Fsp3) is 0.250. The van der Waals surface area contributed by atoms with Crippen LogP contribution in [0.5, 0.6) is 0 Å². The van der Waals surface area contributed by atoms with Crippen LogP contribution in [0.15, 0.2) is 34.7 Å². The van der Waals surface area contributed by atoms with E-state index in [-0.39, 0.29) is 28.2 Å². The summed E-state index contributed by atoms with van der Waals surface area (Å²) in [5.74, 6) is -3.59. The summed E-state index contributed by atoms with van der Waals surface area (Å²) in [7, 11) is 0. The molecule has 0 amide bonds. The van der Waals surface area contributed by atoms with E-state index in [1.165, 1.54) is 12.1 Å². The first-order valence-electron chi connectivity index (χ1n) is 8.91. The van der Waals surface area contributed by atoms with Crippen LogP contribution in [0, 0.1) is 0 Å². The van der Waals surface area contributed by atoms with Crippen LogP contribution < -0.4 is 0 Å². The number of hydrogen-bond acceptors (Lipinski definition) is 11. The van der Waals surface area contributed by atoms with Gasteiger partial charge in [0.25, 0.3) is 0 Å². The number of carbonyl (C=O) groups is 5. The van der Waals surface area contributed by atoms with E-state index in [0.717, 1.165) is 6.07 Å². The molecule has 0 fully saturated rings. The largest absolute Gasteiger partial charge is 0.511 e. The zero-order valence-electron chi connectivity index (χ0n) is 15.9. The number of benzene rings is 1. The van der Waals surface area contributed by atoms with Crippen LogP contribution in [0.1, 0.15) is 49.0 Å². The minimum Gasteiger partial charge on any atom is -0.449 e. The molecule has 11 heteroatoms. The molecule has 1 aromatic heterocycles. The van der Waals surface area contributed by atoms with Gasteiger partial charge in [-0.2, -0.15) is 0 Å². The molecule has 31 heavy (non-hydrogen) atoms. The van der Waals surface area contributed by atoms with Crippen LogP contribution in [0.4, 0.5) is 4.79 Å². The Hall–Kier alpha value is -3.83. The second-order valence-electron chi connectivity index (χ2n) is 6.33. The first kappa shape index (κ1) is 21.9. The molecule has 2 N–H and O–H groups in total. The highest BCUT2D eigenvalue weighted by Gasteiger charge is 2.34. The molecule has 1 unspecified atom stereocenters. The predicted octanol–water partition coefficient (Wildman–Crippen LogP) is 0.635. The van der Waals surface area contributed by atoms with Crippen LogP contribution in [0.2, 0.25) is 0 Å². The monoisotopic (exact) mass is 432 g/mol. The molecule has 1 heterocycles. The lowest BCUT2D eigenvalue weighted by atomic mass is 9.88. The van der Waals surface area contributed by atoms with Gasteiger partial charge >= 0.3 is 12.1 Å². The summed E-state index contributed by atoms with van der Waals surface area (Å²) in [5, 5.41) is 17.6. The van der Waals surface area contributed by atoms with E-state index in [1.807, 2.05) is 0 Å². The molecule has 11 nitrogen and oxygen atoms in total. The lowest BCUT2D eigenvalue weighted by Crippen LogP contribution is -2.23. The third-order valence-electron chi connectivity index (χ3n) is 4.18. The molecular weight excluding hydrogens is 416 g/mol. The van der Waals surface area contributed by atoms with Crippen molar-refractivity contribution in [2.75, 3.05) is 20.0 Å². The zero-order chi connectivity index (χ0) is 22.5. The quantitative estimate of drug-likeness (QED) is 0.222. The molecule has 1 aliphatic carbocycles. The first-order valence-corrected chi connectivity index (χ1v) is 8.91. The van der Waals surface area contributed by atoms with Crippen LogP contribution in [0.25, 0.3) is 0 Å². The van der Waals surface area contributed by atoms with Crippen molar-refractivity contribution in [3.05, 3.63) is 58.5 Å². The number of hydrogen-bond donors (Lipinski definition) is 2. The van der Waals surface area contributed by atoms with Crippen molar-refractivity contribution in [1.29, 1.82) is 0 Å². The summed E-state index contributed by atoms with van der Waals surface area (Å²) < 4.78 is 18.6. The standard InChI is InChI=1S/C20H16O11/c21-7-10(22)8-28-20(27)30-9-29-16(24)6-14(23)15-5-13-17(25)11-3-1-2-4-12(11)18(26)19(13)31-15/h1-5,10,21-22H,6-9H2. The van der Waals surface area contributed by atoms with Crippen molar-refractivity contribution in [3.8, 4) is 0 Å². The number of fused-ring (bicyclic) bond motifs is 2. The molecule has 1 aromatic carbocycles. The molecule has 0 saturated carbocycles. The van der Waals surface area contributed by atoms with Gasteiger partial charge in [0, 0.05) is 11.1 Å².